The lowest BCUT2D eigenvalue weighted by molar-refractivity contribution is -0.140. The van der Waals surface area contributed by atoms with Crippen LogP contribution in [0.2, 0.25) is 0 Å². The van der Waals surface area contributed by atoms with E-state index in [0.717, 1.165) is 6.07 Å². The smallest absolute Gasteiger partial charge is 0.387 e. The largest absolute Gasteiger partial charge is 0.419 e. The fourth-order valence-corrected chi connectivity index (χ4v) is 5.14. The normalized spacial score (nSPS) is 28.4. The standard InChI is InChI=1S/C14H16F4OS2/c1-7-8(2)21-12(6-20-7)13(19)9-3-4-11(15)10(5-9)14(16,17)18/h3-5,7-8,12-13,19H,6H2,1-2H3. The maximum atomic E-state index is 13.3. The Morgan fingerprint density at radius 1 is 1.24 bits per heavy atom. The quantitative estimate of drug-likeness (QED) is 0.800. The topological polar surface area (TPSA) is 20.2 Å². The lowest BCUT2D eigenvalue weighted by atomic mass is 10.0. The number of thioether (sulfide) groups is 2. The molecule has 1 aliphatic rings. The highest BCUT2D eigenvalue weighted by Crippen LogP contribution is 2.42. The maximum absolute atomic E-state index is 13.3. The van der Waals surface area contributed by atoms with E-state index in [1.54, 1.807) is 23.5 Å². The summed E-state index contributed by atoms with van der Waals surface area (Å²) in [5.74, 6) is -0.651. The molecular formula is C14H16F4OS2. The van der Waals surface area contributed by atoms with Crippen LogP contribution < -0.4 is 0 Å². The Labute approximate surface area is 129 Å². The molecule has 1 heterocycles. The van der Waals surface area contributed by atoms with Gasteiger partial charge in [0.1, 0.15) is 5.82 Å². The highest BCUT2D eigenvalue weighted by atomic mass is 32.2. The van der Waals surface area contributed by atoms with Gasteiger partial charge in [0.2, 0.25) is 0 Å². The van der Waals surface area contributed by atoms with Crippen LogP contribution in [-0.4, -0.2) is 26.6 Å². The first-order valence-corrected chi connectivity index (χ1v) is 8.51. The molecule has 2 rings (SSSR count). The zero-order chi connectivity index (χ0) is 15.8. The fraction of sp³-hybridized carbons (Fsp3) is 0.571. The van der Waals surface area contributed by atoms with E-state index in [4.69, 9.17) is 0 Å². The van der Waals surface area contributed by atoms with Gasteiger partial charge in [-0.25, -0.2) is 4.39 Å². The molecule has 4 atom stereocenters. The summed E-state index contributed by atoms with van der Waals surface area (Å²) in [7, 11) is 0. The van der Waals surface area contributed by atoms with Crippen molar-refractivity contribution in [1.29, 1.82) is 0 Å². The van der Waals surface area contributed by atoms with Gasteiger partial charge in [0.05, 0.1) is 11.7 Å². The second-order valence-corrected chi connectivity index (χ2v) is 8.13. The highest BCUT2D eigenvalue weighted by Gasteiger charge is 2.36. The minimum atomic E-state index is -4.75. The van der Waals surface area contributed by atoms with Crippen LogP contribution in [0.4, 0.5) is 17.6 Å². The van der Waals surface area contributed by atoms with Crippen molar-refractivity contribution in [2.45, 2.75) is 41.9 Å². The van der Waals surface area contributed by atoms with E-state index in [0.29, 0.717) is 22.3 Å². The second kappa shape index (κ2) is 6.38. The predicted octanol–water partition coefficient (Wildman–Crippen LogP) is 4.50. The van der Waals surface area contributed by atoms with Gasteiger partial charge >= 0.3 is 6.18 Å². The summed E-state index contributed by atoms with van der Waals surface area (Å²) in [5, 5.41) is 10.9. The number of rotatable bonds is 2. The molecule has 1 nitrogen and oxygen atoms in total. The van der Waals surface area contributed by atoms with Crippen molar-refractivity contribution in [2.75, 3.05) is 5.75 Å². The number of hydrogen-bond donors (Lipinski definition) is 1. The molecule has 1 aromatic carbocycles. The van der Waals surface area contributed by atoms with Gasteiger partial charge in [0.25, 0.3) is 0 Å². The fourth-order valence-electron chi connectivity index (χ4n) is 2.13. The van der Waals surface area contributed by atoms with Crippen molar-refractivity contribution in [1.82, 2.24) is 0 Å². The molecule has 1 fully saturated rings. The number of halogens is 4. The first-order chi connectivity index (χ1) is 9.70. The Kier molecular flexibility index (Phi) is 5.15. The summed E-state index contributed by atoms with van der Waals surface area (Å²) in [5.41, 5.74) is -1.21. The number of aliphatic hydroxyl groups excluding tert-OH is 1. The first kappa shape index (κ1) is 17.0. The van der Waals surface area contributed by atoms with Gasteiger partial charge in [-0.2, -0.15) is 36.7 Å². The molecule has 21 heavy (non-hydrogen) atoms. The SMILES string of the molecule is CC1SCC(C(O)c2ccc(F)c(C(F)(F)F)c2)SC1C. The van der Waals surface area contributed by atoms with Crippen LogP contribution in [0.25, 0.3) is 0 Å². The molecule has 1 aliphatic heterocycles. The minimum Gasteiger partial charge on any atom is -0.387 e. The van der Waals surface area contributed by atoms with Gasteiger partial charge in [-0.3, -0.25) is 0 Å². The molecule has 0 aromatic heterocycles. The molecule has 4 unspecified atom stereocenters. The van der Waals surface area contributed by atoms with Gasteiger partial charge in [0.15, 0.2) is 0 Å². The van der Waals surface area contributed by atoms with Gasteiger partial charge in [-0.1, -0.05) is 19.9 Å². The lowest BCUT2D eigenvalue weighted by Crippen LogP contribution is -2.30. The maximum Gasteiger partial charge on any atom is 0.419 e. The van der Waals surface area contributed by atoms with Crippen molar-refractivity contribution in [3.8, 4) is 0 Å². The molecule has 1 N–H and O–H groups in total. The van der Waals surface area contributed by atoms with Crippen molar-refractivity contribution in [3.05, 3.63) is 35.1 Å². The van der Waals surface area contributed by atoms with Gasteiger partial charge < -0.3 is 5.11 Å². The molecule has 1 aromatic rings. The summed E-state index contributed by atoms with van der Waals surface area (Å²) in [6.07, 6.45) is -5.78. The van der Waals surface area contributed by atoms with Crippen molar-refractivity contribution in [2.24, 2.45) is 0 Å². The molecule has 0 saturated carbocycles. The van der Waals surface area contributed by atoms with Crippen LogP contribution >= 0.6 is 23.5 Å². The Bertz CT molecular complexity index is 506. The van der Waals surface area contributed by atoms with E-state index in [9.17, 15) is 22.7 Å². The van der Waals surface area contributed by atoms with Gasteiger partial charge in [-0.15, -0.1) is 0 Å². The molecule has 7 heteroatoms. The van der Waals surface area contributed by atoms with Crippen LogP contribution in [0.15, 0.2) is 18.2 Å². The van der Waals surface area contributed by atoms with Crippen LogP contribution in [0.3, 0.4) is 0 Å². The minimum absolute atomic E-state index is 0.114. The van der Waals surface area contributed by atoms with E-state index >= 15 is 0 Å². The Balaban J connectivity index is 2.22. The summed E-state index contributed by atoms with van der Waals surface area (Å²) in [6.45, 7) is 4.12. The summed E-state index contributed by atoms with van der Waals surface area (Å²) in [6, 6.07) is 2.71. The molecule has 0 bridgehead atoms. The third kappa shape index (κ3) is 3.87. The average Bonchev–Trinajstić information content (AvgIpc) is 2.40. The molecule has 118 valence electrons. The van der Waals surface area contributed by atoms with E-state index in [-0.39, 0.29) is 10.8 Å². The number of benzene rings is 1. The number of alkyl halides is 3. The summed E-state index contributed by atoms with van der Waals surface area (Å²) in [4.78, 5) is 0. The number of aliphatic hydroxyl groups is 1. The van der Waals surface area contributed by atoms with Crippen molar-refractivity contribution in [3.63, 3.8) is 0 Å². The van der Waals surface area contributed by atoms with E-state index in [1.165, 1.54) is 6.07 Å². The molecule has 1 saturated heterocycles. The Morgan fingerprint density at radius 2 is 1.90 bits per heavy atom. The Hall–Kier alpha value is -0.400. The number of hydrogen-bond acceptors (Lipinski definition) is 3. The molecule has 0 amide bonds. The van der Waals surface area contributed by atoms with Gasteiger partial charge in [-0.05, 0) is 17.7 Å². The zero-order valence-corrected chi connectivity index (χ0v) is 13.2. The lowest BCUT2D eigenvalue weighted by Gasteiger charge is -2.34. The van der Waals surface area contributed by atoms with E-state index < -0.39 is 23.7 Å². The van der Waals surface area contributed by atoms with Crippen LogP contribution in [-0.2, 0) is 6.18 Å². The van der Waals surface area contributed by atoms with Crippen LogP contribution in [0.5, 0.6) is 0 Å². The van der Waals surface area contributed by atoms with Gasteiger partial charge in [0, 0.05) is 21.5 Å². The Morgan fingerprint density at radius 3 is 2.48 bits per heavy atom. The summed E-state index contributed by atoms with van der Waals surface area (Å²) >= 11 is 3.26. The molecule has 0 radical (unpaired) electrons. The van der Waals surface area contributed by atoms with E-state index in [2.05, 4.69) is 6.92 Å². The van der Waals surface area contributed by atoms with Crippen molar-refractivity contribution < 1.29 is 22.7 Å². The molecular weight excluding hydrogens is 324 g/mol. The third-order valence-corrected chi connectivity index (χ3v) is 7.04. The predicted molar refractivity (Wildman–Crippen MR) is 79.1 cm³/mol. The first-order valence-electron chi connectivity index (χ1n) is 6.52. The molecule has 0 aliphatic carbocycles. The average molecular weight is 340 g/mol. The van der Waals surface area contributed by atoms with Crippen LogP contribution in [0.1, 0.15) is 31.1 Å². The highest BCUT2D eigenvalue weighted by molar-refractivity contribution is 8.07. The summed E-state index contributed by atoms with van der Waals surface area (Å²) < 4.78 is 51.4. The zero-order valence-electron chi connectivity index (χ0n) is 11.5. The monoisotopic (exact) mass is 340 g/mol. The molecule has 0 spiro atoms. The van der Waals surface area contributed by atoms with Crippen LogP contribution in [0, 0.1) is 5.82 Å². The van der Waals surface area contributed by atoms with Crippen molar-refractivity contribution >= 4 is 23.5 Å². The van der Waals surface area contributed by atoms with E-state index in [1.807, 2.05) is 6.92 Å². The third-order valence-electron chi connectivity index (χ3n) is 3.56. The second-order valence-electron chi connectivity index (χ2n) is 5.10.